The highest BCUT2D eigenvalue weighted by Crippen LogP contribution is 2.07. The van der Waals surface area contributed by atoms with E-state index < -0.39 is 0 Å². The third kappa shape index (κ3) is 6.80. The zero-order valence-electron chi connectivity index (χ0n) is 9.67. The zero-order valence-corrected chi connectivity index (χ0v) is 11.3. The summed E-state index contributed by atoms with van der Waals surface area (Å²) in [4.78, 5) is 1.29. The molecule has 7 heteroatoms. The molecule has 0 unspecified atom stereocenters. The lowest BCUT2D eigenvalue weighted by Crippen LogP contribution is -2.46. The molecule has 0 aliphatic heterocycles. The molecule has 0 atom stereocenters. The van der Waals surface area contributed by atoms with E-state index in [1.165, 1.54) is 4.88 Å². The van der Waals surface area contributed by atoms with Gasteiger partial charge in [-0.1, -0.05) is 6.07 Å². The second-order valence-electron chi connectivity index (χ2n) is 3.16. The van der Waals surface area contributed by atoms with E-state index in [1.807, 2.05) is 18.4 Å². The number of hydrogen-bond donors (Lipinski definition) is 5. The maximum absolute atomic E-state index is 7.53. The minimum atomic E-state index is 0. The molecule has 1 aromatic heterocycles. The Kier molecular flexibility index (Phi) is 8.17. The first-order chi connectivity index (χ1) is 7.72. The van der Waals surface area contributed by atoms with Crippen molar-refractivity contribution in [3.8, 4) is 0 Å². The summed E-state index contributed by atoms with van der Waals surface area (Å²) >= 11 is 1.71. The quantitative estimate of drug-likeness (QED) is 0.425. The van der Waals surface area contributed by atoms with Gasteiger partial charge in [-0.15, -0.1) is 23.7 Å². The molecule has 0 bridgehead atoms. The molecule has 1 aromatic rings. The van der Waals surface area contributed by atoms with E-state index in [1.54, 1.807) is 11.3 Å². The van der Waals surface area contributed by atoms with Crippen LogP contribution in [0.4, 0.5) is 0 Å². The van der Waals surface area contributed by atoms with Gasteiger partial charge in [0.1, 0.15) is 0 Å². The van der Waals surface area contributed by atoms with Crippen LogP contribution in [0.1, 0.15) is 11.8 Å². The first-order valence-electron chi connectivity index (χ1n) is 5.16. The fourth-order valence-electron chi connectivity index (χ4n) is 1.16. The van der Waals surface area contributed by atoms with E-state index in [2.05, 4.69) is 22.0 Å². The van der Waals surface area contributed by atoms with Crippen LogP contribution >= 0.6 is 23.7 Å². The van der Waals surface area contributed by atoms with Gasteiger partial charge < -0.3 is 10.6 Å². The Morgan fingerprint density at radius 2 is 2.00 bits per heavy atom. The summed E-state index contributed by atoms with van der Waals surface area (Å²) in [6.07, 6.45) is 0.899. The molecule has 96 valence electrons. The Hall–Kier alpha value is -1.27. The summed E-state index contributed by atoms with van der Waals surface area (Å²) in [6, 6.07) is 4.09. The highest BCUT2D eigenvalue weighted by Gasteiger charge is 1.99. The third-order valence-electron chi connectivity index (χ3n) is 1.86. The molecule has 0 aliphatic carbocycles. The van der Waals surface area contributed by atoms with Crippen LogP contribution in [0, 0.1) is 10.8 Å². The van der Waals surface area contributed by atoms with E-state index in [0.29, 0.717) is 13.1 Å². The number of thiophene rings is 1. The molecule has 5 nitrogen and oxygen atoms in total. The largest absolute Gasteiger partial charge is 0.357 e. The van der Waals surface area contributed by atoms with Gasteiger partial charge in [0.15, 0.2) is 11.9 Å². The SMILES string of the molecule is CCNC(=N)NC(=N)NCCc1cccs1.Cl. The molecular weight excluding hydrogens is 258 g/mol. The summed E-state index contributed by atoms with van der Waals surface area (Å²) in [7, 11) is 0. The minimum Gasteiger partial charge on any atom is -0.357 e. The minimum absolute atomic E-state index is 0. The standard InChI is InChI=1S/C10H17N5S.ClH/c1-2-13-9(11)15-10(12)14-6-5-8-4-3-7-16-8;/h3-4,7H,2,5-6H2,1H3,(H5,11,12,13,14,15);1H. The van der Waals surface area contributed by atoms with Crippen molar-refractivity contribution in [2.24, 2.45) is 0 Å². The predicted molar refractivity (Wildman–Crippen MR) is 75.5 cm³/mol. The van der Waals surface area contributed by atoms with Crippen molar-refractivity contribution in [1.29, 1.82) is 10.8 Å². The Labute approximate surface area is 111 Å². The Morgan fingerprint density at radius 3 is 2.59 bits per heavy atom. The molecule has 0 aliphatic rings. The van der Waals surface area contributed by atoms with Crippen LogP contribution in [0.2, 0.25) is 0 Å². The monoisotopic (exact) mass is 275 g/mol. The van der Waals surface area contributed by atoms with Gasteiger partial charge in [-0.25, -0.2) is 0 Å². The molecule has 0 fully saturated rings. The lowest BCUT2D eigenvalue weighted by Gasteiger charge is -2.11. The van der Waals surface area contributed by atoms with Crippen LogP contribution in [0.15, 0.2) is 17.5 Å². The zero-order chi connectivity index (χ0) is 11.8. The molecule has 0 spiro atoms. The molecule has 0 aromatic carbocycles. The van der Waals surface area contributed by atoms with Crippen molar-refractivity contribution in [2.45, 2.75) is 13.3 Å². The first-order valence-corrected chi connectivity index (χ1v) is 6.04. The van der Waals surface area contributed by atoms with Gasteiger partial charge in [0.2, 0.25) is 0 Å². The van der Waals surface area contributed by atoms with Crippen LogP contribution in [0.3, 0.4) is 0 Å². The lowest BCUT2D eigenvalue weighted by atomic mass is 10.3. The van der Waals surface area contributed by atoms with E-state index >= 15 is 0 Å². The van der Waals surface area contributed by atoms with Crippen molar-refractivity contribution in [3.63, 3.8) is 0 Å². The fourth-order valence-corrected chi connectivity index (χ4v) is 1.86. The average molecular weight is 276 g/mol. The van der Waals surface area contributed by atoms with Crippen LogP contribution in [-0.2, 0) is 6.42 Å². The van der Waals surface area contributed by atoms with E-state index in [9.17, 15) is 0 Å². The Balaban J connectivity index is 0.00000256. The van der Waals surface area contributed by atoms with Gasteiger partial charge in [-0.2, -0.15) is 0 Å². The topological polar surface area (TPSA) is 83.8 Å². The molecule has 0 saturated carbocycles. The average Bonchev–Trinajstić information content (AvgIpc) is 2.70. The fraction of sp³-hybridized carbons (Fsp3) is 0.400. The van der Waals surface area contributed by atoms with Crippen LogP contribution in [0.5, 0.6) is 0 Å². The molecule has 1 rings (SSSR count). The molecule has 0 radical (unpaired) electrons. The third-order valence-corrected chi connectivity index (χ3v) is 2.79. The van der Waals surface area contributed by atoms with Crippen LogP contribution < -0.4 is 16.0 Å². The van der Waals surface area contributed by atoms with Gasteiger partial charge in [-0.3, -0.25) is 16.1 Å². The Bertz CT molecular complexity index is 338. The van der Waals surface area contributed by atoms with Crippen molar-refractivity contribution < 1.29 is 0 Å². The highest BCUT2D eigenvalue weighted by molar-refractivity contribution is 7.09. The summed E-state index contributed by atoms with van der Waals surface area (Å²) in [5.41, 5.74) is 0. The van der Waals surface area contributed by atoms with Crippen molar-refractivity contribution in [3.05, 3.63) is 22.4 Å². The second-order valence-corrected chi connectivity index (χ2v) is 4.19. The molecular formula is C10H18ClN5S. The molecule has 5 N–H and O–H groups in total. The van der Waals surface area contributed by atoms with Gasteiger partial charge in [-0.05, 0) is 24.8 Å². The summed E-state index contributed by atoms with van der Waals surface area (Å²) < 4.78 is 0. The molecule has 0 amide bonds. The number of rotatable bonds is 4. The van der Waals surface area contributed by atoms with E-state index in [0.717, 1.165) is 6.42 Å². The van der Waals surface area contributed by atoms with Crippen LogP contribution in [0.25, 0.3) is 0 Å². The maximum atomic E-state index is 7.53. The maximum Gasteiger partial charge on any atom is 0.195 e. The second kappa shape index (κ2) is 8.83. The normalized spacial score (nSPS) is 9.00. The van der Waals surface area contributed by atoms with Crippen molar-refractivity contribution >= 4 is 35.7 Å². The summed E-state index contributed by atoms with van der Waals surface area (Å²) in [6.45, 7) is 3.28. The number of hydrogen-bond acceptors (Lipinski definition) is 3. The van der Waals surface area contributed by atoms with Crippen LogP contribution in [-0.4, -0.2) is 25.0 Å². The van der Waals surface area contributed by atoms with E-state index in [4.69, 9.17) is 10.8 Å². The number of halogens is 1. The van der Waals surface area contributed by atoms with Crippen molar-refractivity contribution in [1.82, 2.24) is 16.0 Å². The van der Waals surface area contributed by atoms with E-state index in [-0.39, 0.29) is 24.3 Å². The first kappa shape index (κ1) is 15.7. The van der Waals surface area contributed by atoms with Gasteiger partial charge in [0.25, 0.3) is 0 Å². The summed E-state index contributed by atoms with van der Waals surface area (Å²) in [5, 5.41) is 25.3. The van der Waals surface area contributed by atoms with Gasteiger partial charge in [0.05, 0.1) is 0 Å². The number of guanidine groups is 2. The lowest BCUT2D eigenvalue weighted by molar-refractivity contribution is 0.838. The predicted octanol–water partition coefficient (Wildman–Crippen LogP) is 1.37. The highest BCUT2D eigenvalue weighted by atomic mass is 35.5. The van der Waals surface area contributed by atoms with Gasteiger partial charge in [0, 0.05) is 18.0 Å². The molecule has 0 saturated heterocycles. The molecule has 1 heterocycles. The summed E-state index contributed by atoms with van der Waals surface area (Å²) in [5.74, 6) is 0.304. The smallest absolute Gasteiger partial charge is 0.195 e. The molecule has 17 heavy (non-hydrogen) atoms. The van der Waals surface area contributed by atoms with Gasteiger partial charge >= 0.3 is 0 Å². The Morgan fingerprint density at radius 1 is 1.29 bits per heavy atom. The van der Waals surface area contributed by atoms with Crippen molar-refractivity contribution in [2.75, 3.05) is 13.1 Å². The number of nitrogens with one attached hydrogen (secondary N) is 5.